The van der Waals surface area contributed by atoms with Crippen molar-refractivity contribution < 1.29 is 16.8 Å². The maximum Gasteiger partial charge on any atom is 0.263 e. The Kier molecular flexibility index (Phi) is 6.26. The van der Waals surface area contributed by atoms with Crippen molar-refractivity contribution >= 4 is 48.9 Å². The SMILES string of the molecule is Cc1ccc(NS(=O)(=O)c2cc(Cl)ccc2Cl)cc1S(=O)(=O)N1CCCCC1. The predicted octanol–water partition coefficient (Wildman–Crippen LogP) is 4.28. The van der Waals surface area contributed by atoms with Crippen molar-refractivity contribution in [3.63, 3.8) is 0 Å². The molecule has 0 atom stereocenters. The van der Waals surface area contributed by atoms with Gasteiger partial charge in [-0.3, -0.25) is 4.72 Å². The summed E-state index contributed by atoms with van der Waals surface area (Å²) in [6.45, 7) is 2.62. The summed E-state index contributed by atoms with van der Waals surface area (Å²) in [5, 5.41) is 0.243. The molecule has 0 spiro atoms. The fourth-order valence-electron chi connectivity index (χ4n) is 3.08. The lowest BCUT2D eigenvalue weighted by Crippen LogP contribution is -2.36. The number of halogens is 2. The van der Waals surface area contributed by atoms with Gasteiger partial charge in [-0.15, -0.1) is 0 Å². The van der Waals surface area contributed by atoms with Crippen LogP contribution >= 0.6 is 23.2 Å². The van der Waals surface area contributed by atoms with Crippen LogP contribution in [0.1, 0.15) is 24.8 Å². The number of rotatable bonds is 5. The molecule has 152 valence electrons. The molecule has 0 amide bonds. The number of benzene rings is 2. The van der Waals surface area contributed by atoms with Crippen molar-refractivity contribution in [1.29, 1.82) is 0 Å². The summed E-state index contributed by atoms with van der Waals surface area (Å²) in [4.78, 5) is -0.0885. The minimum Gasteiger partial charge on any atom is -0.280 e. The molecule has 6 nitrogen and oxygen atoms in total. The highest BCUT2D eigenvalue weighted by molar-refractivity contribution is 7.93. The smallest absolute Gasteiger partial charge is 0.263 e. The highest BCUT2D eigenvalue weighted by Crippen LogP contribution is 2.29. The third kappa shape index (κ3) is 4.46. The average molecular weight is 463 g/mol. The lowest BCUT2D eigenvalue weighted by atomic mass is 10.2. The van der Waals surface area contributed by atoms with Crippen molar-refractivity contribution in [2.75, 3.05) is 17.8 Å². The van der Waals surface area contributed by atoms with Crippen LogP contribution in [0.3, 0.4) is 0 Å². The molecular weight excluding hydrogens is 443 g/mol. The predicted molar refractivity (Wildman–Crippen MR) is 111 cm³/mol. The van der Waals surface area contributed by atoms with Crippen LogP contribution in [0, 0.1) is 6.92 Å². The lowest BCUT2D eigenvalue weighted by molar-refractivity contribution is 0.346. The summed E-state index contributed by atoms with van der Waals surface area (Å²) in [6, 6.07) is 8.55. The van der Waals surface area contributed by atoms with Gasteiger partial charge in [0.2, 0.25) is 10.0 Å². The van der Waals surface area contributed by atoms with E-state index in [2.05, 4.69) is 4.72 Å². The van der Waals surface area contributed by atoms with Crippen LogP contribution in [0.2, 0.25) is 10.0 Å². The third-order valence-corrected chi connectivity index (χ3v) is 8.69. The number of aryl methyl sites for hydroxylation is 1. The van der Waals surface area contributed by atoms with Crippen LogP contribution in [0.5, 0.6) is 0 Å². The maximum atomic E-state index is 13.0. The largest absolute Gasteiger partial charge is 0.280 e. The molecule has 28 heavy (non-hydrogen) atoms. The zero-order valence-corrected chi connectivity index (χ0v) is 18.3. The number of nitrogens with zero attached hydrogens (tertiary/aromatic N) is 1. The Morgan fingerprint density at radius 1 is 0.893 bits per heavy atom. The van der Waals surface area contributed by atoms with Crippen LogP contribution in [-0.2, 0) is 20.0 Å². The first-order chi connectivity index (χ1) is 13.1. The van der Waals surface area contributed by atoms with E-state index in [9.17, 15) is 16.8 Å². The monoisotopic (exact) mass is 462 g/mol. The Balaban J connectivity index is 1.96. The van der Waals surface area contributed by atoms with Crippen molar-refractivity contribution in [2.45, 2.75) is 36.0 Å². The first-order valence-electron chi connectivity index (χ1n) is 8.70. The topological polar surface area (TPSA) is 83.5 Å². The van der Waals surface area contributed by atoms with Crippen molar-refractivity contribution in [3.05, 3.63) is 52.0 Å². The Bertz CT molecular complexity index is 1100. The Labute approximate surface area is 175 Å². The zero-order chi connectivity index (χ0) is 20.5. The molecule has 2 aromatic carbocycles. The van der Waals surface area contributed by atoms with Gasteiger partial charge < -0.3 is 0 Å². The minimum absolute atomic E-state index is 0.0187. The normalized spacial score (nSPS) is 16.1. The van der Waals surface area contributed by atoms with E-state index in [1.165, 1.54) is 34.6 Å². The van der Waals surface area contributed by atoms with E-state index in [1.807, 2.05) is 0 Å². The second-order valence-corrected chi connectivity index (χ2v) is 11.0. The number of sulfonamides is 2. The van der Waals surface area contributed by atoms with Gasteiger partial charge in [-0.1, -0.05) is 35.7 Å². The van der Waals surface area contributed by atoms with Gasteiger partial charge in [-0.2, -0.15) is 4.31 Å². The van der Waals surface area contributed by atoms with E-state index in [0.717, 1.165) is 19.3 Å². The Morgan fingerprint density at radius 2 is 1.57 bits per heavy atom. The van der Waals surface area contributed by atoms with Gasteiger partial charge in [0.05, 0.1) is 15.6 Å². The summed E-state index contributed by atoms with van der Waals surface area (Å²) < 4.78 is 55.3. The number of nitrogens with one attached hydrogen (secondary N) is 1. The quantitative estimate of drug-likeness (QED) is 0.718. The Morgan fingerprint density at radius 3 is 2.25 bits per heavy atom. The third-order valence-electron chi connectivity index (χ3n) is 4.56. The molecule has 0 aromatic heterocycles. The van der Waals surface area contributed by atoms with Gasteiger partial charge in [0.1, 0.15) is 4.90 Å². The first-order valence-corrected chi connectivity index (χ1v) is 12.4. The second-order valence-electron chi connectivity index (χ2n) is 6.63. The van der Waals surface area contributed by atoms with E-state index in [1.54, 1.807) is 13.0 Å². The van der Waals surface area contributed by atoms with E-state index >= 15 is 0 Å². The average Bonchev–Trinajstić information content (AvgIpc) is 2.65. The molecular formula is C18H20Cl2N2O4S2. The molecule has 0 aliphatic carbocycles. The van der Waals surface area contributed by atoms with E-state index < -0.39 is 20.0 Å². The van der Waals surface area contributed by atoms with Gasteiger partial charge in [0, 0.05) is 18.1 Å². The summed E-state index contributed by atoms with van der Waals surface area (Å²) in [7, 11) is -7.74. The van der Waals surface area contributed by atoms with E-state index in [0.29, 0.717) is 18.7 Å². The van der Waals surface area contributed by atoms with Crippen LogP contribution < -0.4 is 4.72 Å². The van der Waals surface area contributed by atoms with Crippen LogP contribution in [0.25, 0.3) is 0 Å². The standard InChI is InChI=1S/C18H20Cl2N2O4S2/c1-13-5-7-15(12-17(13)28(25,26)22-9-3-2-4-10-22)21-27(23,24)18-11-14(19)6-8-16(18)20/h5-8,11-12,21H,2-4,9-10H2,1H3. The molecule has 3 rings (SSSR count). The number of anilines is 1. The number of hydrogen-bond donors (Lipinski definition) is 1. The molecule has 1 aliphatic heterocycles. The summed E-state index contributed by atoms with van der Waals surface area (Å²) in [6.07, 6.45) is 2.64. The number of piperidine rings is 1. The van der Waals surface area contributed by atoms with Gasteiger partial charge in [0.15, 0.2) is 0 Å². The summed E-state index contributed by atoms with van der Waals surface area (Å²) >= 11 is 11.9. The highest BCUT2D eigenvalue weighted by Gasteiger charge is 2.28. The molecule has 2 aromatic rings. The molecule has 1 N–H and O–H groups in total. The summed E-state index contributed by atoms with van der Waals surface area (Å²) in [5.74, 6) is 0. The van der Waals surface area contributed by atoms with E-state index in [4.69, 9.17) is 23.2 Å². The molecule has 0 saturated carbocycles. The molecule has 1 aliphatic rings. The van der Waals surface area contributed by atoms with Crippen molar-refractivity contribution in [2.24, 2.45) is 0 Å². The molecule has 0 unspecified atom stereocenters. The molecule has 0 radical (unpaired) electrons. The van der Waals surface area contributed by atoms with Gasteiger partial charge >= 0.3 is 0 Å². The van der Waals surface area contributed by atoms with Crippen LogP contribution in [0.4, 0.5) is 5.69 Å². The van der Waals surface area contributed by atoms with Crippen LogP contribution in [-0.4, -0.2) is 34.2 Å². The molecule has 1 heterocycles. The fraction of sp³-hybridized carbons (Fsp3) is 0.333. The van der Waals surface area contributed by atoms with Gasteiger partial charge in [-0.25, -0.2) is 16.8 Å². The maximum absolute atomic E-state index is 13.0. The minimum atomic E-state index is -4.04. The lowest BCUT2D eigenvalue weighted by Gasteiger charge is -2.26. The van der Waals surface area contributed by atoms with E-state index in [-0.39, 0.29) is 25.5 Å². The molecule has 1 fully saturated rings. The zero-order valence-electron chi connectivity index (χ0n) is 15.2. The van der Waals surface area contributed by atoms with Crippen LogP contribution in [0.15, 0.2) is 46.2 Å². The van der Waals surface area contributed by atoms with Crippen molar-refractivity contribution in [3.8, 4) is 0 Å². The number of hydrogen-bond acceptors (Lipinski definition) is 4. The molecule has 0 bridgehead atoms. The Hall–Kier alpha value is -1.32. The molecule has 1 saturated heterocycles. The summed E-state index contributed by atoms with van der Waals surface area (Å²) in [5.41, 5.74) is 0.687. The van der Waals surface area contributed by atoms with Gasteiger partial charge in [0.25, 0.3) is 10.0 Å². The molecule has 10 heteroatoms. The second kappa shape index (κ2) is 8.20. The van der Waals surface area contributed by atoms with Gasteiger partial charge in [-0.05, 0) is 55.7 Å². The van der Waals surface area contributed by atoms with Crippen molar-refractivity contribution in [1.82, 2.24) is 4.31 Å². The highest BCUT2D eigenvalue weighted by atomic mass is 35.5. The first kappa shape index (κ1) is 21.4. The fourth-order valence-corrected chi connectivity index (χ4v) is 6.66.